The summed E-state index contributed by atoms with van der Waals surface area (Å²) < 4.78 is 5.37. The first-order valence-electron chi connectivity index (χ1n) is 11.5. The van der Waals surface area contributed by atoms with Crippen LogP contribution in [0.15, 0.2) is 24.3 Å². The molecule has 0 radical (unpaired) electrons. The SMILES string of the molecule is CC[C@@H](NC(=O)N1c2ccc(OC)cc2C(C)=CC1(C)C)N1C(=O)[C@H]2CCCC[C@@H]2C1=O. The van der Waals surface area contributed by atoms with Gasteiger partial charge in [-0.3, -0.25) is 19.4 Å². The molecule has 4 amide bonds. The molecule has 0 bridgehead atoms. The number of imide groups is 1. The lowest BCUT2D eigenvalue weighted by molar-refractivity contribution is -0.143. The number of hydrogen-bond acceptors (Lipinski definition) is 4. The Kier molecular flexibility index (Phi) is 5.77. The van der Waals surface area contributed by atoms with E-state index in [2.05, 4.69) is 11.4 Å². The number of fused-ring (bicyclic) bond motifs is 2. The molecule has 0 aromatic heterocycles. The number of carbonyl (C=O) groups is 3. The van der Waals surface area contributed by atoms with Gasteiger partial charge < -0.3 is 10.1 Å². The number of nitrogens with zero attached hydrogens (tertiary/aromatic N) is 2. The summed E-state index contributed by atoms with van der Waals surface area (Å²) >= 11 is 0. The van der Waals surface area contributed by atoms with Crippen molar-refractivity contribution in [3.05, 3.63) is 29.8 Å². The number of methoxy groups -OCH3 is 1. The molecule has 1 aromatic carbocycles. The van der Waals surface area contributed by atoms with Gasteiger partial charge in [0.05, 0.1) is 30.2 Å². The van der Waals surface area contributed by atoms with E-state index in [1.807, 2.05) is 45.9 Å². The minimum absolute atomic E-state index is 0.134. The number of urea groups is 1. The van der Waals surface area contributed by atoms with Crippen molar-refractivity contribution < 1.29 is 19.1 Å². The van der Waals surface area contributed by atoms with Crippen molar-refractivity contribution in [1.29, 1.82) is 0 Å². The molecule has 4 rings (SSSR count). The van der Waals surface area contributed by atoms with Gasteiger partial charge in [0.15, 0.2) is 0 Å². The van der Waals surface area contributed by atoms with Crippen molar-refractivity contribution in [2.75, 3.05) is 12.0 Å². The number of allylic oxidation sites excluding steroid dienone is 1. The van der Waals surface area contributed by atoms with Gasteiger partial charge in [0.25, 0.3) is 0 Å². The highest BCUT2D eigenvalue weighted by Gasteiger charge is 2.50. The van der Waals surface area contributed by atoms with Crippen LogP contribution in [0.5, 0.6) is 5.75 Å². The van der Waals surface area contributed by atoms with Gasteiger partial charge in [-0.25, -0.2) is 4.79 Å². The Morgan fingerprint density at radius 1 is 1.19 bits per heavy atom. The molecule has 0 spiro atoms. The van der Waals surface area contributed by atoms with E-state index in [1.54, 1.807) is 12.0 Å². The summed E-state index contributed by atoms with van der Waals surface area (Å²) in [5.41, 5.74) is 2.18. The molecule has 1 saturated heterocycles. The summed E-state index contributed by atoms with van der Waals surface area (Å²) in [6.45, 7) is 7.86. The summed E-state index contributed by atoms with van der Waals surface area (Å²) in [7, 11) is 1.62. The number of hydrogen-bond donors (Lipinski definition) is 1. The molecule has 1 N–H and O–H groups in total. The molecular formula is C25H33N3O4. The standard InChI is InChI=1S/C25H33N3O4/c1-6-21(27-22(29)17-9-7-8-10-18(17)23(27)30)26-24(31)28-20-12-11-16(32-5)13-19(20)15(2)14-25(28,3)4/h11-14,17-18,21H,6-10H2,1-5H3,(H,26,31)/t17-,18-,21-/m0/s1. The maximum atomic E-state index is 13.6. The molecule has 1 aromatic rings. The molecular weight excluding hydrogens is 406 g/mol. The molecule has 1 aliphatic carbocycles. The number of anilines is 1. The lowest BCUT2D eigenvalue weighted by Gasteiger charge is -2.42. The molecule has 2 fully saturated rings. The number of carbonyl (C=O) groups excluding carboxylic acids is 3. The highest BCUT2D eigenvalue weighted by Crippen LogP contribution is 2.41. The monoisotopic (exact) mass is 439 g/mol. The Morgan fingerprint density at radius 3 is 2.38 bits per heavy atom. The summed E-state index contributed by atoms with van der Waals surface area (Å²) in [6.07, 6.45) is 5.33. The van der Waals surface area contributed by atoms with Crippen molar-refractivity contribution in [2.45, 2.75) is 71.5 Å². The Balaban J connectivity index is 1.62. The first-order chi connectivity index (χ1) is 15.2. The highest BCUT2D eigenvalue weighted by molar-refractivity contribution is 6.06. The maximum absolute atomic E-state index is 13.6. The first kappa shape index (κ1) is 22.4. The van der Waals surface area contributed by atoms with Crippen molar-refractivity contribution in [3.63, 3.8) is 0 Å². The lowest BCUT2D eigenvalue weighted by Crippen LogP contribution is -2.59. The van der Waals surface area contributed by atoms with Gasteiger partial charge in [-0.1, -0.05) is 25.8 Å². The second-order valence-electron chi connectivity index (χ2n) is 9.62. The predicted molar refractivity (Wildman–Crippen MR) is 123 cm³/mol. The van der Waals surface area contributed by atoms with E-state index in [0.29, 0.717) is 6.42 Å². The van der Waals surface area contributed by atoms with E-state index >= 15 is 0 Å². The molecule has 32 heavy (non-hydrogen) atoms. The molecule has 7 nitrogen and oxygen atoms in total. The van der Waals surface area contributed by atoms with Crippen LogP contribution in [0.4, 0.5) is 10.5 Å². The van der Waals surface area contributed by atoms with Crippen LogP contribution < -0.4 is 15.0 Å². The zero-order valence-corrected chi connectivity index (χ0v) is 19.6. The fourth-order valence-corrected chi connectivity index (χ4v) is 5.56. The van der Waals surface area contributed by atoms with E-state index in [9.17, 15) is 14.4 Å². The molecule has 2 heterocycles. The quantitative estimate of drug-likeness (QED) is 0.709. The van der Waals surface area contributed by atoms with Crippen LogP contribution in [-0.2, 0) is 9.59 Å². The summed E-state index contributed by atoms with van der Waals surface area (Å²) in [5.74, 6) is -0.00469. The topological polar surface area (TPSA) is 79.0 Å². The van der Waals surface area contributed by atoms with E-state index in [4.69, 9.17) is 4.74 Å². The van der Waals surface area contributed by atoms with Gasteiger partial charge in [0, 0.05) is 5.56 Å². The van der Waals surface area contributed by atoms with Gasteiger partial charge in [0.2, 0.25) is 11.8 Å². The molecule has 172 valence electrons. The van der Waals surface area contributed by atoms with E-state index in [1.165, 1.54) is 4.90 Å². The molecule has 2 aliphatic heterocycles. The van der Waals surface area contributed by atoms with Crippen molar-refractivity contribution in [1.82, 2.24) is 10.2 Å². The third kappa shape index (κ3) is 3.57. The third-order valence-corrected chi connectivity index (χ3v) is 7.08. The normalized spacial score (nSPS) is 25.1. The first-order valence-corrected chi connectivity index (χ1v) is 11.5. The largest absolute Gasteiger partial charge is 0.497 e. The minimum Gasteiger partial charge on any atom is -0.497 e. The number of amides is 4. The van der Waals surface area contributed by atoms with Crippen molar-refractivity contribution in [2.24, 2.45) is 11.8 Å². The lowest BCUT2D eigenvalue weighted by atomic mass is 9.81. The molecule has 3 aliphatic rings. The number of rotatable bonds is 4. The van der Waals surface area contributed by atoms with E-state index in [-0.39, 0.29) is 29.7 Å². The van der Waals surface area contributed by atoms with Crippen LogP contribution in [0.2, 0.25) is 0 Å². The summed E-state index contributed by atoms with van der Waals surface area (Å²) in [4.78, 5) is 42.8. The molecule has 0 unspecified atom stereocenters. The predicted octanol–water partition coefficient (Wildman–Crippen LogP) is 4.32. The second kappa shape index (κ2) is 8.26. The fraction of sp³-hybridized carbons (Fsp3) is 0.560. The smallest absolute Gasteiger partial charge is 0.324 e. The Bertz CT molecular complexity index is 959. The van der Waals surface area contributed by atoms with Crippen LogP contribution >= 0.6 is 0 Å². The van der Waals surface area contributed by atoms with Crippen LogP contribution in [0.3, 0.4) is 0 Å². The Hall–Kier alpha value is -2.83. The van der Waals surface area contributed by atoms with Crippen molar-refractivity contribution >= 4 is 29.1 Å². The van der Waals surface area contributed by atoms with E-state index in [0.717, 1.165) is 48.3 Å². The van der Waals surface area contributed by atoms with Gasteiger partial charge >= 0.3 is 6.03 Å². The third-order valence-electron chi connectivity index (χ3n) is 7.08. The Morgan fingerprint density at radius 2 is 1.81 bits per heavy atom. The highest BCUT2D eigenvalue weighted by atomic mass is 16.5. The van der Waals surface area contributed by atoms with Gasteiger partial charge in [-0.2, -0.15) is 0 Å². The maximum Gasteiger partial charge on any atom is 0.324 e. The van der Waals surface area contributed by atoms with Crippen LogP contribution in [0.1, 0.15) is 65.4 Å². The van der Waals surface area contributed by atoms with Gasteiger partial charge in [0.1, 0.15) is 11.9 Å². The van der Waals surface area contributed by atoms with Crippen LogP contribution in [0.25, 0.3) is 5.57 Å². The van der Waals surface area contributed by atoms with E-state index < -0.39 is 11.7 Å². The average molecular weight is 440 g/mol. The number of benzene rings is 1. The molecule has 1 saturated carbocycles. The fourth-order valence-electron chi connectivity index (χ4n) is 5.56. The van der Waals surface area contributed by atoms with Crippen molar-refractivity contribution in [3.8, 4) is 5.75 Å². The zero-order chi connectivity index (χ0) is 23.2. The average Bonchev–Trinajstić information content (AvgIpc) is 3.01. The van der Waals surface area contributed by atoms with Crippen LogP contribution in [0, 0.1) is 11.8 Å². The minimum atomic E-state index is -0.655. The second-order valence-corrected chi connectivity index (χ2v) is 9.62. The number of ether oxygens (including phenoxy) is 1. The molecule has 7 heteroatoms. The molecule has 3 atom stereocenters. The van der Waals surface area contributed by atoms with Crippen LogP contribution in [-0.4, -0.2) is 41.6 Å². The zero-order valence-electron chi connectivity index (χ0n) is 19.6. The van der Waals surface area contributed by atoms with Gasteiger partial charge in [-0.05, 0) is 63.8 Å². The number of likely N-dealkylation sites (tertiary alicyclic amines) is 1. The van der Waals surface area contributed by atoms with Gasteiger partial charge in [-0.15, -0.1) is 0 Å². The summed E-state index contributed by atoms with van der Waals surface area (Å²) in [6, 6.07) is 5.32. The Labute approximate surface area is 189 Å². The number of nitrogens with one attached hydrogen (secondary N) is 1. The summed E-state index contributed by atoms with van der Waals surface area (Å²) in [5, 5.41) is 3.00.